The van der Waals surface area contributed by atoms with Crippen molar-refractivity contribution >= 4 is 23.6 Å². The average Bonchev–Trinajstić information content (AvgIpc) is 2.49. The van der Waals surface area contributed by atoms with Crippen LogP contribution in [0.15, 0.2) is 18.2 Å². The van der Waals surface area contributed by atoms with Crippen molar-refractivity contribution in [3.05, 3.63) is 23.8 Å². The maximum Gasteiger partial charge on any atom is 0.326 e. The summed E-state index contributed by atoms with van der Waals surface area (Å²) in [6.45, 7) is 0. The van der Waals surface area contributed by atoms with Crippen LogP contribution in [0, 0.1) is 0 Å². The maximum atomic E-state index is 11.8. The second kappa shape index (κ2) is 9.19. The number of amides is 1. The van der Waals surface area contributed by atoms with E-state index in [1.54, 1.807) is 12.1 Å². The van der Waals surface area contributed by atoms with Crippen molar-refractivity contribution in [1.82, 2.24) is 5.32 Å². The molecule has 3 N–H and O–H groups in total. The first-order valence-corrected chi connectivity index (χ1v) is 8.24. The molecule has 0 heterocycles. The van der Waals surface area contributed by atoms with Crippen LogP contribution < -0.4 is 10.1 Å². The Hall–Kier alpha value is -1.89. The van der Waals surface area contributed by atoms with Crippen molar-refractivity contribution in [3.63, 3.8) is 0 Å². The van der Waals surface area contributed by atoms with Gasteiger partial charge in [-0.1, -0.05) is 6.07 Å². The SMILES string of the molecule is COc1ccc(CCC(=O)NC(CCSC)C(=O)O)cc1O. The predicted octanol–water partition coefficient (Wildman–Crippen LogP) is 1.66. The second-order valence-electron chi connectivity index (χ2n) is 4.75. The number of carboxylic acids is 1. The minimum absolute atomic E-state index is 0.0174. The lowest BCUT2D eigenvalue weighted by molar-refractivity contribution is -0.141. The molecule has 1 aromatic rings. The normalized spacial score (nSPS) is 11.7. The number of phenols is 1. The lowest BCUT2D eigenvalue weighted by atomic mass is 10.1. The molecule has 6 nitrogen and oxygen atoms in total. The van der Waals surface area contributed by atoms with Gasteiger partial charge in [-0.25, -0.2) is 4.79 Å². The van der Waals surface area contributed by atoms with Crippen LogP contribution in [0.4, 0.5) is 0 Å². The zero-order valence-corrected chi connectivity index (χ0v) is 13.5. The first-order chi connectivity index (χ1) is 10.5. The Morgan fingerprint density at radius 3 is 2.68 bits per heavy atom. The Kier molecular flexibility index (Phi) is 7.59. The number of aromatic hydroxyl groups is 1. The summed E-state index contributed by atoms with van der Waals surface area (Å²) in [5.41, 5.74) is 0.782. The number of methoxy groups -OCH3 is 1. The zero-order valence-electron chi connectivity index (χ0n) is 12.7. The third-order valence-corrected chi connectivity index (χ3v) is 3.77. The zero-order chi connectivity index (χ0) is 16.5. The van der Waals surface area contributed by atoms with Crippen molar-refractivity contribution < 1.29 is 24.5 Å². The summed E-state index contributed by atoms with van der Waals surface area (Å²) in [6.07, 6.45) is 2.86. The van der Waals surface area contributed by atoms with Gasteiger partial charge in [-0.15, -0.1) is 0 Å². The maximum absolute atomic E-state index is 11.8. The molecule has 22 heavy (non-hydrogen) atoms. The van der Waals surface area contributed by atoms with E-state index in [2.05, 4.69) is 5.32 Å². The molecule has 1 amide bonds. The molecule has 0 aliphatic heterocycles. The first kappa shape index (κ1) is 18.2. The standard InChI is InChI=1S/C15H21NO5S/c1-21-13-5-3-10(9-12(13)17)4-6-14(18)16-11(15(19)20)7-8-22-2/h3,5,9,11,17H,4,6-8H2,1-2H3,(H,16,18)(H,19,20). The monoisotopic (exact) mass is 327 g/mol. The quantitative estimate of drug-likeness (QED) is 0.638. The van der Waals surface area contributed by atoms with Gasteiger partial charge in [0, 0.05) is 6.42 Å². The highest BCUT2D eigenvalue weighted by Crippen LogP contribution is 2.26. The molecule has 1 aromatic carbocycles. The predicted molar refractivity (Wildman–Crippen MR) is 85.5 cm³/mol. The number of hydrogen-bond donors (Lipinski definition) is 3. The van der Waals surface area contributed by atoms with Crippen LogP contribution in [-0.4, -0.2) is 47.2 Å². The molecule has 1 atom stereocenters. The fourth-order valence-electron chi connectivity index (χ4n) is 1.91. The molecule has 0 fully saturated rings. The summed E-state index contributed by atoms with van der Waals surface area (Å²) < 4.78 is 4.95. The van der Waals surface area contributed by atoms with E-state index >= 15 is 0 Å². The van der Waals surface area contributed by atoms with Crippen LogP contribution in [0.25, 0.3) is 0 Å². The fraction of sp³-hybridized carbons (Fsp3) is 0.467. The van der Waals surface area contributed by atoms with Gasteiger partial charge in [0.25, 0.3) is 0 Å². The summed E-state index contributed by atoms with van der Waals surface area (Å²) >= 11 is 1.54. The Labute approximate surface area is 133 Å². The molecule has 0 aliphatic carbocycles. The van der Waals surface area contributed by atoms with E-state index in [0.29, 0.717) is 24.3 Å². The van der Waals surface area contributed by atoms with E-state index in [1.807, 2.05) is 6.26 Å². The Morgan fingerprint density at radius 1 is 1.41 bits per heavy atom. The van der Waals surface area contributed by atoms with Gasteiger partial charge in [-0.2, -0.15) is 11.8 Å². The van der Waals surface area contributed by atoms with Gasteiger partial charge in [0.1, 0.15) is 6.04 Å². The van der Waals surface area contributed by atoms with E-state index in [1.165, 1.54) is 24.9 Å². The highest BCUT2D eigenvalue weighted by Gasteiger charge is 2.19. The molecule has 0 saturated carbocycles. The van der Waals surface area contributed by atoms with Gasteiger partial charge in [0.2, 0.25) is 5.91 Å². The number of carboxylic acid groups (broad SMARTS) is 1. The fourth-order valence-corrected chi connectivity index (χ4v) is 2.38. The van der Waals surface area contributed by atoms with Crippen molar-refractivity contribution in [1.29, 1.82) is 0 Å². The molecule has 1 rings (SSSR count). The third-order valence-electron chi connectivity index (χ3n) is 3.13. The lowest BCUT2D eigenvalue weighted by Gasteiger charge is -2.14. The number of aryl methyl sites for hydroxylation is 1. The molecule has 0 aromatic heterocycles. The Bertz CT molecular complexity index is 521. The average molecular weight is 327 g/mol. The van der Waals surface area contributed by atoms with Crippen LogP contribution in [0.1, 0.15) is 18.4 Å². The number of phenolic OH excluding ortho intramolecular Hbond substituents is 1. The number of aliphatic carboxylic acids is 1. The number of hydrogen-bond acceptors (Lipinski definition) is 5. The summed E-state index contributed by atoms with van der Waals surface area (Å²) in [5.74, 6) is -0.280. The van der Waals surface area contributed by atoms with E-state index in [0.717, 1.165) is 5.56 Å². The third kappa shape index (κ3) is 5.85. The Morgan fingerprint density at radius 2 is 2.14 bits per heavy atom. The number of thioether (sulfide) groups is 1. The van der Waals surface area contributed by atoms with Crippen LogP contribution in [-0.2, 0) is 16.0 Å². The molecule has 0 radical (unpaired) electrons. The van der Waals surface area contributed by atoms with E-state index in [-0.39, 0.29) is 18.1 Å². The van der Waals surface area contributed by atoms with Gasteiger partial charge in [0.15, 0.2) is 11.5 Å². The highest BCUT2D eigenvalue weighted by atomic mass is 32.2. The molecular weight excluding hydrogens is 306 g/mol. The first-order valence-electron chi connectivity index (χ1n) is 6.85. The summed E-state index contributed by atoms with van der Waals surface area (Å²) in [4.78, 5) is 22.9. The number of benzene rings is 1. The minimum atomic E-state index is -1.02. The molecule has 0 spiro atoms. The summed E-state index contributed by atoms with van der Waals surface area (Å²) in [6, 6.07) is 4.06. The summed E-state index contributed by atoms with van der Waals surface area (Å²) in [5, 5.41) is 21.2. The number of nitrogens with one attached hydrogen (secondary N) is 1. The van der Waals surface area contributed by atoms with Crippen molar-refractivity contribution in [3.8, 4) is 11.5 Å². The van der Waals surface area contributed by atoms with Gasteiger partial charge >= 0.3 is 5.97 Å². The second-order valence-corrected chi connectivity index (χ2v) is 5.73. The van der Waals surface area contributed by atoms with E-state index in [9.17, 15) is 14.7 Å². The largest absolute Gasteiger partial charge is 0.504 e. The van der Waals surface area contributed by atoms with Gasteiger partial charge in [0.05, 0.1) is 7.11 Å². The molecule has 0 saturated heterocycles. The Balaban J connectivity index is 2.51. The summed E-state index contributed by atoms with van der Waals surface area (Å²) in [7, 11) is 1.46. The number of carbonyl (C=O) groups is 2. The molecule has 122 valence electrons. The van der Waals surface area contributed by atoms with Gasteiger partial charge in [-0.05, 0) is 42.5 Å². The van der Waals surface area contributed by atoms with Crippen LogP contribution in [0.2, 0.25) is 0 Å². The highest BCUT2D eigenvalue weighted by molar-refractivity contribution is 7.98. The van der Waals surface area contributed by atoms with Gasteiger partial charge in [-0.3, -0.25) is 4.79 Å². The lowest BCUT2D eigenvalue weighted by Crippen LogP contribution is -2.41. The van der Waals surface area contributed by atoms with Crippen molar-refractivity contribution in [2.75, 3.05) is 19.1 Å². The van der Waals surface area contributed by atoms with Crippen molar-refractivity contribution in [2.45, 2.75) is 25.3 Å². The van der Waals surface area contributed by atoms with Gasteiger partial charge < -0.3 is 20.3 Å². The smallest absolute Gasteiger partial charge is 0.326 e. The number of ether oxygens (including phenoxy) is 1. The van der Waals surface area contributed by atoms with Crippen LogP contribution >= 0.6 is 11.8 Å². The molecule has 0 aliphatic rings. The van der Waals surface area contributed by atoms with Crippen molar-refractivity contribution in [2.24, 2.45) is 0 Å². The molecule has 7 heteroatoms. The topological polar surface area (TPSA) is 95.9 Å². The molecule has 0 bridgehead atoms. The van der Waals surface area contributed by atoms with Crippen LogP contribution in [0.5, 0.6) is 11.5 Å². The molecular formula is C15H21NO5S. The molecule has 1 unspecified atom stereocenters. The number of carbonyl (C=O) groups excluding carboxylic acids is 1. The number of rotatable bonds is 9. The van der Waals surface area contributed by atoms with E-state index in [4.69, 9.17) is 9.84 Å². The van der Waals surface area contributed by atoms with E-state index < -0.39 is 12.0 Å². The van der Waals surface area contributed by atoms with Crippen LogP contribution in [0.3, 0.4) is 0 Å². The minimum Gasteiger partial charge on any atom is -0.504 e.